The molecule has 0 aliphatic carbocycles. The Morgan fingerprint density at radius 1 is 1.47 bits per heavy atom. The van der Waals surface area contributed by atoms with E-state index < -0.39 is 43.2 Å². The van der Waals surface area contributed by atoms with Crippen molar-refractivity contribution in [3.8, 4) is 0 Å². The Balaban J connectivity index is 2.83. The standard InChI is InChI=1S/C8H15NO6/c1-3(11)9-5-7(13)6(12)4(2-10)15-8(5)14/h4-8,10,12-14H,2H2,1H3,(H,9,11)/t4-,5-,6+,7-,8?/m1/s1/i/hD. The highest BCUT2D eigenvalue weighted by molar-refractivity contribution is 5.73. The van der Waals surface area contributed by atoms with E-state index >= 15 is 0 Å². The molecule has 0 saturated carbocycles. The number of rotatable bonds is 2. The van der Waals surface area contributed by atoms with E-state index in [-0.39, 0.29) is 0 Å². The van der Waals surface area contributed by atoms with Crippen molar-refractivity contribution in [2.24, 2.45) is 0 Å². The summed E-state index contributed by atoms with van der Waals surface area (Å²) in [7, 11) is 0. The van der Waals surface area contributed by atoms with E-state index in [1.807, 2.05) is 0 Å². The molecule has 1 saturated heterocycles. The van der Waals surface area contributed by atoms with E-state index in [1.165, 1.54) is 0 Å². The second-order valence-electron chi connectivity index (χ2n) is 3.37. The first-order valence-corrected chi connectivity index (χ1v) is 4.49. The minimum atomic E-state index is -1.63. The summed E-state index contributed by atoms with van der Waals surface area (Å²) in [6.45, 7) is 0.497. The minimum absolute atomic E-state index is 0.339. The van der Waals surface area contributed by atoms with Gasteiger partial charge in [-0.3, -0.25) is 4.79 Å². The normalized spacial score (nSPS) is 42.2. The van der Waals surface area contributed by atoms with Gasteiger partial charge in [0.05, 0.1) is 6.61 Å². The van der Waals surface area contributed by atoms with Crippen LogP contribution in [-0.2, 0) is 9.53 Å². The van der Waals surface area contributed by atoms with Crippen LogP contribution in [0.15, 0.2) is 0 Å². The fraction of sp³-hybridized carbons (Fsp3) is 0.875. The van der Waals surface area contributed by atoms with Crippen molar-refractivity contribution in [1.29, 1.82) is 0 Å². The van der Waals surface area contributed by atoms with E-state index in [4.69, 9.17) is 11.3 Å². The minimum Gasteiger partial charge on any atom is -0.394 e. The van der Waals surface area contributed by atoms with Crippen LogP contribution in [0.2, 0.25) is 1.41 Å². The summed E-state index contributed by atoms with van der Waals surface area (Å²) < 4.78 is 12.1. The molecule has 7 heteroatoms. The van der Waals surface area contributed by atoms with Gasteiger partial charge in [0, 0.05) is 6.92 Å². The van der Waals surface area contributed by atoms with Crippen molar-refractivity contribution in [1.82, 2.24) is 5.31 Å². The second-order valence-corrected chi connectivity index (χ2v) is 3.37. The van der Waals surface area contributed by atoms with Gasteiger partial charge >= 0.3 is 0 Å². The summed E-state index contributed by atoms with van der Waals surface area (Å²) in [6, 6.07) is -1.38. The molecule has 7 nitrogen and oxygen atoms in total. The lowest BCUT2D eigenvalue weighted by Crippen LogP contribution is -2.63. The van der Waals surface area contributed by atoms with Gasteiger partial charge in [-0.1, -0.05) is 0 Å². The number of carbonyl (C=O) groups is 1. The van der Waals surface area contributed by atoms with E-state index in [2.05, 4.69) is 0 Å². The van der Waals surface area contributed by atoms with Crippen LogP contribution in [0.3, 0.4) is 0 Å². The first-order valence-electron chi connectivity index (χ1n) is 4.94. The molecular formula is C8H15NO6. The summed E-state index contributed by atoms with van der Waals surface area (Å²) in [5, 5.41) is 37.7. The molecule has 15 heavy (non-hydrogen) atoms. The van der Waals surface area contributed by atoms with Crippen LogP contribution in [0.25, 0.3) is 0 Å². The Hall–Kier alpha value is -0.730. The zero-order valence-corrected chi connectivity index (χ0v) is 8.15. The smallest absolute Gasteiger partial charge is 0.217 e. The molecule has 1 aliphatic heterocycles. The maximum Gasteiger partial charge on any atom is 0.217 e. The summed E-state index contributed by atoms with van der Waals surface area (Å²) >= 11 is 0. The molecule has 5 N–H and O–H groups in total. The average Bonchev–Trinajstić information content (AvgIpc) is 2.23. The first kappa shape index (κ1) is 10.8. The molecule has 1 unspecified atom stereocenters. The molecule has 0 aromatic rings. The number of nitrogens with one attached hydrogen (secondary N) is 1. The van der Waals surface area contributed by atoms with Crippen LogP contribution in [0, 0.1) is 0 Å². The van der Waals surface area contributed by atoms with Gasteiger partial charge in [-0.15, -0.1) is 0 Å². The van der Waals surface area contributed by atoms with Crippen LogP contribution in [0.4, 0.5) is 0 Å². The zero-order chi connectivity index (χ0) is 12.5. The van der Waals surface area contributed by atoms with Crippen LogP contribution in [0.5, 0.6) is 0 Å². The molecule has 0 radical (unpaired) electrons. The molecule has 0 aromatic carbocycles. The van der Waals surface area contributed by atoms with Gasteiger partial charge in [-0.25, -0.2) is 0 Å². The molecule has 1 aliphatic rings. The average molecular weight is 222 g/mol. The number of carbonyl (C=O) groups excluding carboxylic acids is 1. The highest BCUT2D eigenvalue weighted by Crippen LogP contribution is 2.19. The third kappa shape index (κ3) is 2.64. The van der Waals surface area contributed by atoms with Crippen LogP contribution < -0.4 is 5.31 Å². The molecule has 1 rings (SSSR count). The van der Waals surface area contributed by atoms with E-state index in [9.17, 15) is 20.1 Å². The lowest BCUT2D eigenvalue weighted by atomic mass is 9.97. The Labute approximate surface area is 87.8 Å². The molecule has 1 fully saturated rings. The third-order valence-corrected chi connectivity index (χ3v) is 2.20. The lowest BCUT2D eigenvalue weighted by Gasteiger charge is -2.40. The molecular weight excluding hydrogens is 206 g/mol. The van der Waals surface area contributed by atoms with Gasteiger partial charge in [0.15, 0.2) is 7.70 Å². The molecule has 1 heterocycles. The topological polar surface area (TPSA) is 119 Å². The molecule has 1 amide bonds. The van der Waals surface area contributed by atoms with Gasteiger partial charge in [-0.2, -0.15) is 0 Å². The molecule has 0 aromatic heterocycles. The maximum atomic E-state index is 10.9. The number of hydrogen-bond acceptors (Lipinski definition) is 6. The van der Waals surface area contributed by atoms with Crippen molar-refractivity contribution < 1.29 is 31.4 Å². The monoisotopic (exact) mass is 222 g/mol. The fourth-order valence-electron chi connectivity index (χ4n) is 1.43. The largest absolute Gasteiger partial charge is 0.394 e. The van der Waals surface area contributed by atoms with Crippen LogP contribution >= 0.6 is 0 Å². The number of ether oxygens (including phenoxy) is 1. The van der Waals surface area contributed by atoms with Crippen molar-refractivity contribution >= 4 is 5.91 Å². The first-order chi connectivity index (χ1) is 7.40. The molecule has 0 bridgehead atoms. The van der Waals surface area contributed by atoms with Crippen molar-refractivity contribution in [2.45, 2.75) is 37.6 Å². The maximum absolute atomic E-state index is 10.9. The highest BCUT2D eigenvalue weighted by atomic mass is 16.6. The number of hydrogen-bond donors (Lipinski definition) is 5. The summed E-state index contributed by atoms with van der Waals surface area (Å²) in [5.74, 6) is -0.707. The molecule has 88 valence electrons. The van der Waals surface area contributed by atoms with Gasteiger partial charge in [-0.05, 0) is 0 Å². The van der Waals surface area contributed by atoms with E-state index in [1.54, 1.807) is 0 Å². The fourth-order valence-corrected chi connectivity index (χ4v) is 1.43. The number of aliphatic hydroxyl groups is 4. The van der Waals surface area contributed by atoms with Gasteiger partial charge in [0.25, 0.3) is 0 Å². The Morgan fingerprint density at radius 2 is 2.07 bits per heavy atom. The quantitative estimate of drug-likeness (QED) is 0.338. The molecule has 0 spiro atoms. The van der Waals surface area contributed by atoms with Crippen LogP contribution in [0.1, 0.15) is 6.92 Å². The second kappa shape index (κ2) is 4.86. The predicted octanol–water partition coefficient (Wildman–Crippen LogP) is -3.08. The SMILES string of the molecule is [2H]N(C(C)=O)[C@H]1C(O)O[C@H](CO)[C@H](O)[C@@H]1O. The van der Waals surface area contributed by atoms with Crippen molar-refractivity contribution in [3.05, 3.63) is 0 Å². The van der Waals surface area contributed by atoms with E-state index in [0.29, 0.717) is 5.31 Å². The highest BCUT2D eigenvalue weighted by Gasteiger charge is 2.43. The van der Waals surface area contributed by atoms with Gasteiger partial charge in [0.2, 0.25) is 5.91 Å². The third-order valence-electron chi connectivity index (χ3n) is 2.20. The number of amides is 1. The van der Waals surface area contributed by atoms with E-state index in [0.717, 1.165) is 6.92 Å². The van der Waals surface area contributed by atoms with Gasteiger partial charge < -0.3 is 30.5 Å². The Kier molecular flexibility index (Phi) is 3.49. The van der Waals surface area contributed by atoms with Crippen molar-refractivity contribution in [2.75, 3.05) is 6.61 Å². The number of aliphatic hydroxyl groups excluding tert-OH is 4. The summed E-state index contributed by atoms with van der Waals surface area (Å²) in [5.41, 5.74) is 0. The Morgan fingerprint density at radius 3 is 2.53 bits per heavy atom. The Bertz CT molecular complexity index is 265. The van der Waals surface area contributed by atoms with Crippen molar-refractivity contribution in [3.63, 3.8) is 0 Å². The summed E-state index contributed by atoms with van der Waals surface area (Å²) in [4.78, 5) is 10.9. The lowest BCUT2D eigenvalue weighted by molar-refractivity contribution is -0.253. The van der Waals surface area contributed by atoms with Gasteiger partial charge in [0.1, 0.15) is 24.4 Å². The van der Waals surface area contributed by atoms with Crippen LogP contribution in [-0.4, -0.2) is 63.6 Å². The molecule has 5 atom stereocenters. The predicted molar refractivity (Wildman–Crippen MR) is 47.6 cm³/mol. The summed E-state index contributed by atoms with van der Waals surface area (Å²) in [6.07, 6.45) is -5.79. The zero-order valence-electron chi connectivity index (χ0n) is 9.15.